The van der Waals surface area contributed by atoms with Gasteiger partial charge in [-0.3, -0.25) is 0 Å². The van der Waals surface area contributed by atoms with E-state index in [1.165, 1.54) is 16.7 Å². The lowest BCUT2D eigenvalue weighted by Gasteiger charge is -2.22. The number of hydrogen-bond acceptors (Lipinski definition) is 3. The van der Waals surface area contributed by atoms with Gasteiger partial charge >= 0.3 is 0 Å². The molecular weight excluding hydrogens is 248 g/mol. The van der Waals surface area contributed by atoms with Crippen LogP contribution in [0.5, 0.6) is 5.75 Å². The zero-order chi connectivity index (χ0) is 15.1. The molecule has 1 rings (SSSR count). The van der Waals surface area contributed by atoms with E-state index in [0.29, 0.717) is 24.9 Å². The third-order valence-electron chi connectivity index (χ3n) is 4.05. The van der Waals surface area contributed by atoms with Gasteiger partial charge in [0.25, 0.3) is 0 Å². The van der Waals surface area contributed by atoms with Crippen LogP contribution in [0.4, 0.5) is 0 Å². The zero-order valence-electron chi connectivity index (χ0n) is 13.4. The van der Waals surface area contributed by atoms with Crippen molar-refractivity contribution in [2.24, 2.45) is 23.3 Å². The fraction of sp³-hybridized carbons (Fsp3) is 0.647. The quantitative estimate of drug-likeness (QED) is 0.768. The minimum atomic E-state index is 0.394. The third kappa shape index (κ3) is 4.50. The molecule has 0 amide bonds. The average Bonchev–Trinajstić information content (AvgIpc) is 2.42. The zero-order valence-corrected chi connectivity index (χ0v) is 13.4. The van der Waals surface area contributed by atoms with E-state index in [1.54, 1.807) is 0 Å². The van der Waals surface area contributed by atoms with Gasteiger partial charge in [0.05, 0.1) is 6.61 Å². The summed E-state index contributed by atoms with van der Waals surface area (Å²) in [5.74, 6) is 1.91. The van der Waals surface area contributed by atoms with E-state index in [9.17, 15) is 0 Å². The van der Waals surface area contributed by atoms with Crippen LogP contribution in [0.15, 0.2) is 12.1 Å². The Morgan fingerprint density at radius 3 is 2.30 bits per heavy atom. The fourth-order valence-corrected chi connectivity index (χ4v) is 2.51. The van der Waals surface area contributed by atoms with E-state index in [0.717, 1.165) is 25.2 Å². The molecule has 1 aromatic carbocycles. The van der Waals surface area contributed by atoms with Gasteiger partial charge in [-0.1, -0.05) is 19.9 Å². The minimum Gasteiger partial charge on any atom is -0.493 e. The summed E-state index contributed by atoms with van der Waals surface area (Å²) in [7, 11) is 0. The van der Waals surface area contributed by atoms with Crippen molar-refractivity contribution < 1.29 is 4.74 Å². The molecule has 0 bridgehead atoms. The maximum atomic E-state index is 5.78. The summed E-state index contributed by atoms with van der Waals surface area (Å²) < 4.78 is 5.78. The second-order valence-corrected chi connectivity index (χ2v) is 5.81. The van der Waals surface area contributed by atoms with Crippen LogP contribution in [0.25, 0.3) is 0 Å². The molecule has 0 aliphatic heterocycles. The maximum Gasteiger partial charge on any atom is 0.122 e. The van der Waals surface area contributed by atoms with Gasteiger partial charge in [0.15, 0.2) is 0 Å². The fourth-order valence-electron chi connectivity index (χ4n) is 2.51. The molecule has 4 N–H and O–H groups in total. The van der Waals surface area contributed by atoms with Crippen LogP contribution in [0.1, 0.15) is 37.0 Å². The van der Waals surface area contributed by atoms with Crippen molar-refractivity contribution in [3.05, 3.63) is 28.8 Å². The molecule has 0 aliphatic rings. The Kier molecular flexibility index (Phi) is 7.03. The van der Waals surface area contributed by atoms with Crippen LogP contribution in [-0.2, 0) is 6.42 Å². The Bertz CT molecular complexity index is 414. The van der Waals surface area contributed by atoms with E-state index in [1.807, 2.05) is 0 Å². The Hall–Kier alpha value is -1.06. The Morgan fingerprint density at radius 2 is 1.75 bits per heavy atom. The minimum absolute atomic E-state index is 0.394. The van der Waals surface area contributed by atoms with E-state index < -0.39 is 0 Å². The molecule has 0 saturated heterocycles. The van der Waals surface area contributed by atoms with Crippen LogP contribution in [0.2, 0.25) is 0 Å². The summed E-state index contributed by atoms with van der Waals surface area (Å²) in [6, 6.07) is 4.41. The van der Waals surface area contributed by atoms with Gasteiger partial charge < -0.3 is 16.2 Å². The molecule has 0 aromatic heterocycles. The van der Waals surface area contributed by atoms with Gasteiger partial charge in [0.2, 0.25) is 0 Å². The molecule has 3 heteroatoms. The highest BCUT2D eigenvalue weighted by Gasteiger charge is 2.16. The molecule has 0 fully saturated rings. The van der Waals surface area contributed by atoms with Gasteiger partial charge in [-0.2, -0.15) is 0 Å². The number of aryl methyl sites for hydroxylation is 2. The van der Waals surface area contributed by atoms with Crippen molar-refractivity contribution >= 4 is 0 Å². The molecule has 114 valence electrons. The first kappa shape index (κ1) is 17.0. The van der Waals surface area contributed by atoms with Crippen LogP contribution >= 0.6 is 0 Å². The number of ether oxygens (including phenoxy) is 1. The largest absolute Gasteiger partial charge is 0.493 e. The molecular formula is C17H30N2O. The number of rotatable bonds is 8. The summed E-state index contributed by atoms with van der Waals surface area (Å²) in [6.07, 6.45) is 2.06. The summed E-state index contributed by atoms with van der Waals surface area (Å²) in [4.78, 5) is 0. The van der Waals surface area contributed by atoms with Crippen molar-refractivity contribution in [1.29, 1.82) is 0 Å². The van der Waals surface area contributed by atoms with Crippen molar-refractivity contribution in [3.63, 3.8) is 0 Å². The first-order valence-corrected chi connectivity index (χ1v) is 7.66. The highest BCUT2D eigenvalue weighted by atomic mass is 16.5. The van der Waals surface area contributed by atoms with Crippen molar-refractivity contribution in [3.8, 4) is 5.75 Å². The summed E-state index contributed by atoms with van der Waals surface area (Å²) in [5, 5.41) is 0. The number of nitrogens with two attached hydrogens (primary N) is 2. The SMILES string of the molecule is CCCOc1cc(C)c(CC(C)C(CN)CN)cc1C. The number of hydrogen-bond donors (Lipinski definition) is 2. The molecule has 1 unspecified atom stereocenters. The first-order chi connectivity index (χ1) is 9.53. The highest BCUT2D eigenvalue weighted by Crippen LogP contribution is 2.26. The van der Waals surface area contributed by atoms with Crippen molar-refractivity contribution in [2.45, 2.75) is 40.5 Å². The van der Waals surface area contributed by atoms with Crippen LogP contribution in [0, 0.1) is 25.7 Å². The third-order valence-corrected chi connectivity index (χ3v) is 4.05. The van der Waals surface area contributed by atoms with Gasteiger partial charge in [-0.05, 0) is 74.4 Å². The smallest absolute Gasteiger partial charge is 0.122 e. The second-order valence-electron chi connectivity index (χ2n) is 5.81. The van der Waals surface area contributed by atoms with Crippen LogP contribution in [0.3, 0.4) is 0 Å². The lowest BCUT2D eigenvalue weighted by molar-refractivity contribution is 0.314. The molecule has 20 heavy (non-hydrogen) atoms. The lowest BCUT2D eigenvalue weighted by atomic mass is 9.86. The molecule has 1 atom stereocenters. The Labute approximate surface area is 123 Å². The van der Waals surface area contributed by atoms with Gasteiger partial charge in [0.1, 0.15) is 5.75 Å². The van der Waals surface area contributed by atoms with E-state index in [-0.39, 0.29) is 0 Å². The average molecular weight is 278 g/mol. The first-order valence-electron chi connectivity index (χ1n) is 7.66. The van der Waals surface area contributed by atoms with Gasteiger partial charge in [0, 0.05) is 0 Å². The predicted molar refractivity (Wildman–Crippen MR) is 86.2 cm³/mol. The lowest BCUT2D eigenvalue weighted by Crippen LogP contribution is -2.30. The second kappa shape index (κ2) is 8.28. The maximum absolute atomic E-state index is 5.78. The molecule has 1 aromatic rings. The van der Waals surface area contributed by atoms with E-state index in [2.05, 4.69) is 39.8 Å². The summed E-state index contributed by atoms with van der Waals surface area (Å²) in [5.41, 5.74) is 15.5. The van der Waals surface area contributed by atoms with Gasteiger partial charge in [-0.25, -0.2) is 0 Å². The highest BCUT2D eigenvalue weighted by molar-refractivity contribution is 5.41. The molecule has 0 spiro atoms. The van der Waals surface area contributed by atoms with Crippen LogP contribution in [-0.4, -0.2) is 19.7 Å². The van der Waals surface area contributed by atoms with E-state index >= 15 is 0 Å². The predicted octanol–water partition coefficient (Wildman–Crippen LogP) is 2.80. The normalized spacial score (nSPS) is 12.8. The number of benzene rings is 1. The Balaban J connectivity index is 2.83. The van der Waals surface area contributed by atoms with Gasteiger partial charge in [-0.15, -0.1) is 0 Å². The summed E-state index contributed by atoms with van der Waals surface area (Å²) >= 11 is 0. The van der Waals surface area contributed by atoms with Crippen molar-refractivity contribution in [2.75, 3.05) is 19.7 Å². The molecule has 0 radical (unpaired) electrons. The molecule has 0 saturated carbocycles. The topological polar surface area (TPSA) is 61.3 Å². The molecule has 0 aliphatic carbocycles. The monoisotopic (exact) mass is 278 g/mol. The summed E-state index contributed by atoms with van der Waals surface area (Å²) in [6.45, 7) is 10.7. The van der Waals surface area contributed by atoms with Crippen molar-refractivity contribution in [1.82, 2.24) is 0 Å². The standard InChI is InChI=1S/C17H30N2O/c1-5-6-20-17-9-13(3)15(8-14(17)4)7-12(2)16(10-18)11-19/h8-9,12,16H,5-7,10-11,18-19H2,1-4H3. The Morgan fingerprint density at radius 1 is 1.10 bits per heavy atom. The molecule has 0 heterocycles. The molecule has 3 nitrogen and oxygen atoms in total. The van der Waals surface area contributed by atoms with Crippen LogP contribution < -0.4 is 16.2 Å². The van der Waals surface area contributed by atoms with E-state index in [4.69, 9.17) is 16.2 Å².